The summed E-state index contributed by atoms with van der Waals surface area (Å²) in [4.78, 5) is 3.77. The maximum atomic E-state index is 13.6. The van der Waals surface area contributed by atoms with Crippen LogP contribution in [-0.2, 0) is 12.7 Å². The van der Waals surface area contributed by atoms with Crippen molar-refractivity contribution in [2.75, 3.05) is 6.54 Å². The average molecular weight is 318 g/mol. The van der Waals surface area contributed by atoms with Crippen molar-refractivity contribution >= 4 is 11.3 Å². The molecule has 1 heterocycles. The van der Waals surface area contributed by atoms with E-state index in [9.17, 15) is 17.6 Å². The zero-order valence-electron chi connectivity index (χ0n) is 11.5. The van der Waals surface area contributed by atoms with E-state index in [1.807, 2.05) is 6.92 Å². The summed E-state index contributed by atoms with van der Waals surface area (Å²) in [5.74, 6) is -0.454. The lowest BCUT2D eigenvalue weighted by Gasteiger charge is -2.05. The summed E-state index contributed by atoms with van der Waals surface area (Å²) in [5, 5.41) is 3.03. The summed E-state index contributed by atoms with van der Waals surface area (Å²) in [6, 6.07) is 4.32. The predicted octanol–water partition coefficient (Wildman–Crippen LogP) is 4.39. The molecule has 21 heavy (non-hydrogen) atoms. The molecule has 0 radical (unpaired) electrons. The van der Waals surface area contributed by atoms with E-state index >= 15 is 0 Å². The van der Waals surface area contributed by atoms with Gasteiger partial charge in [0.2, 0.25) is 0 Å². The van der Waals surface area contributed by atoms with Crippen LogP contribution in [0.25, 0.3) is 10.6 Å². The summed E-state index contributed by atoms with van der Waals surface area (Å²) in [6.45, 7) is 4.06. The fourth-order valence-corrected chi connectivity index (χ4v) is 2.83. The molecule has 0 atom stereocenters. The van der Waals surface area contributed by atoms with Crippen LogP contribution in [0.3, 0.4) is 0 Å². The fourth-order valence-electron chi connectivity index (χ4n) is 1.78. The third-order valence-corrected chi connectivity index (χ3v) is 4.02. The van der Waals surface area contributed by atoms with Gasteiger partial charge in [-0.15, -0.1) is 11.3 Å². The zero-order valence-corrected chi connectivity index (χ0v) is 12.3. The van der Waals surface area contributed by atoms with Gasteiger partial charge in [-0.1, -0.05) is 19.1 Å². The van der Waals surface area contributed by atoms with Crippen LogP contribution in [0.5, 0.6) is 0 Å². The second kappa shape index (κ2) is 6.11. The third-order valence-electron chi connectivity index (χ3n) is 2.92. The monoisotopic (exact) mass is 318 g/mol. The van der Waals surface area contributed by atoms with Crippen molar-refractivity contribution in [2.24, 2.45) is 0 Å². The quantitative estimate of drug-likeness (QED) is 0.846. The molecule has 0 bridgehead atoms. The summed E-state index contributed by atoms with van der Waals surface area (Å²) in [7, 11) is 0. The van der Waals surface area contributed by atoms with Crippen LogP contribution in [0.1, 0.15) is 23.1 Å². The van der Waals surface area contributed by atoms with Crippen LogP contribution in [0, 0.1) is 12.7 Å². The number of nitrogens with one attached hydrogen (secondary N) is 1. The molecule has 2 nitrogen and oxygen atoms in total. The van der Waals surface area contributed by atoms with Crippen LogP contribution in [0.4, 0.5) is 17.6 Å². The molecular weight excluding hydrogens is 304 g/mol. The number of hydrogen-bond donors (Lipinski definition) is 1. The number of halogens is 4. The summed E-state index contributed by atoms with van der Waals surface area (Å²) in [5.41, 5.74) is -0.0972. The second-order valence-corrected chi connectivity index (χ2v) is 5.62. The Morgan fingerprint density at radius 1 is 1.29 bits per heavy atom. The Bertz CT molecular complexity index is 634. The van der Waals surface area contributed by atoms with Crippen LogP contribution in [0.15, 0.2) is 18.2 Å². The van der Waals surface area contributed by atoms with Gasteiger partial charge in [0.15, 0.2) is 5.69 Å². The van der Waals surface area contributed by atoms with Crippen LogP contribution < -0.4 is 5.32 Å². The summed E-state index contributed by atoms with van der Waals surface area (Å²) in [6.07, 6.45) is -4.51. The normalized spacial score (nSPS) is 11.9. The van der Waals surface area contributed by atoms with Gasteiger partial charge in [-0.05, 0) is 25.1 Å². The number of rotatable bonds is 4. The van der Waals surface area contributed by atoms with E-state index in [4.69, 9.17) is 0 Å². The lowest BCUT2D eigenvalue weighted by Crippen LogP contribution is -2.15. The van der Waals surface area contributed by atoms with Gasteiger partial charge in [-0.3, -0.25) is 0 Å². The molecule has 2 aromatic rings. The van der Waals surface area contributed by atoms with Crippen molar-refractivity contribution in [1.29, 1.82) is 0 Å². The molecule has 0 spiro atoms. The molecule has 0 aliphatic rings. The van der Waals surface area contributed by atoms with Crippen LogP contribution >= 0.6 is 11.3 Å². The zero-order chi connectivity index (χ0) is 15.6. The SMILES string of the molecule is CCNCc1sc(-c2ccc(C)c(F)c2)nc1C(F)(F)F. The fraction of sp³-hybridized carbons (Fsp3) is 0.357. The second-order valence-electron chi connectivity index (χ2n) is 4.53. The Morgan fingerprint density at radius 2 is 2.00 bits per heavy atom. The highest BCUT2D eigenvalue weighted by atomic mass is 32.1. The Hall–Kier alpha value is -1.47. The van der Waals surface area contributed by atoms with Crippen LogP contribution in [-0.4, -0.2) is 11.5 Å². The first-order valence-electron chi connectivity index (χ1n) is 6.37. The smallest absolute Gasteiger partial charge is 0.312 e. The summed E-state index contributed by atoms with van der Waals surface area (Å²) >= 11 is 0.934. The number of aromatic nitrogens is 1. The minimum atomic E-state index is -4.51. The maximum absolute atomic E-state index is 13.6. The molecule has 7 heteroatoms. The van der Waals surface area contributed by atoms with E-state index in [2.05, 4.69) is 10.3 Å². The molecule has 0 unspecified atom stereocenters. The van der Waals surface area contributed by atoms with E-state index in [1.54, 1.807) is 13.0 Å². The molecule has 0 aliphatic heterocycles. The Kier molecular flexibility index (Phi) is 4.63. The molecule has 1 N–H and O–H groups in total. The highest BCUT2D eigenvalue weighted by Crippen LogP contribution is 2.37. The van der Waals surface area contributed by atoms with Gasteiger partial charge in [-0.25, -0.2) is 9.37 Å². The minimum Gasteiger partial charge on any atom is -0.312 e. The highest BCUT2D eigenvalue weighted by molar-refractivity contribution is 7.15. The van der Waals surface area contributed by atoms with E-state index < -0.39 is 17.7 Å². The average Bonchev–Trinajstić information content (AvgIpc) is 2.83. The van der Waals surface area contributed by atoms with E-state index in [0.717, 1.165) is 11.3 Å². The molecule has 114 valence electrons. The number of benzene rings is 1. The molecule has 1 aromatic heterocycles. The highest BCUT2D eigenvalue weighted by Gasteiger charge is 2.37. The van der Waals surface area contributed by atoms with Crippen molar-refractivity contribution in [2.45, 2.75) is 26.6 Å². The van der Waals surface area contributed by atoms with Gasteiger partial charge in [0.05, 0.1) is 4.88 Å². The van der Waals surface area contributed by atoms with E-state index in [-0.39, 0.29) is 16.4 Å². The predicted molar refractivity (Wildman–Crippen MR) is 74.6 cm³/mol. The van der Waals surface area contributed by atoms with Gasteiger partial charge in [0, 0.05) is 12.1 Å². The molecule has 0 fully saturated rings. The molecule has 1 aromatic carbocycles. The minimum absolute atomic E-state index is 0.0946. The standard InChI is InChI=1S/C14H14F4N2S/c1-3-19-7-11-12(14(16,17)18)20-13(21-11)9-5-4-8(2)10(15)6-9/h4-6,19H,3,7H2,1-2H3. The first-order chi connectivity index (χ1) is 9.82. The van der Waals surface area contributed by atoms with E-state index in [1.165, 1.54) is 12.1 Å². The molecule has 0 saturated carbocycles. The van der Waals surface area contributed by atoms with Gasteiger partial charge in [-0.2, -0.15) is 13.2 Å². The van der Waals surface area contributed by atoms with Crippen molar-refractivity contribution in [3.05, 3.63) is 40.2 Å². The van der Waals surface area contributed by atoms with Gasteiger partial charge >= 0.3 is 6.18 Å². The topological polar surface area (TPSA) is 24.9 Å². The van der Waals surface area contributed by atoms with Crippen molar-refractivity contribution < 1.29 is 17.6 Å². The Balaban J connectivity index is 2.45. The van der Waals surface area contributed by atoms with Crippen molar-refractivity contribution in [3.63, 3.8) is 0 Å². The van der Waals surface area contributed by atoms with E-state index in [0.29, 0.717) is 17.7 Å². The molecule has 0 amide bonds. The Morgan fingerprint density at radius 3 is 2.57 bits per heavy atom. The van der Waals surface area contributed by atoms with Gasteiger partial charge in [0.25, 0.3) is 0 Å². The molecular formula is C14H14F4N2S. The first kappa shape index (κ1) is 15.9. The van der Waals surface area contributed by atoms with Gasteiger partial charge < -0.3 is 5.32 Å². The number of thiazole rings is 1. The Labute approximate surface area is 123 Å². The van der Waals surface area contributed by atoms with Crippen molar-refractivity contribution in [1.82, 2.24) is 10.3 Å². The molecule has 0 saturated heterocycles. The largest absolute Gasteiger partial charge is 0.434 e. The molecule has 2 rings (SSSR count). The number of hydrogen-bond acceptors (Lipinski definition) is 3. The molecule has 0 aliphatic carbocycles. The van der Waals surface area contributed by atoms with Crippen LogP contribution in [0.2, 0.25) is 0 Å². The van der Waals surface area contributed by atoms with Crippen molar-refractivity contribution in [3.8, 4) is 10.6 Å². The third kappa shape index (κ3) is 3.59. The van der Waals surface area contributed by atoms with Gasteiger partial charge in [0.1, 0.15) is 10.8 Å². The number of alkyl halides is 3. The maximum Gasteiger partial charge on any atom is 0.434 e. The number of aryl methyl sites for hydroxylation is 1. The summed E-state index contributed by atoms with van der Waals surface area (Å²) < 4.78 is 52.5. The number of nitrogens with zero attached hydrogens (tertiary/aromatic N) is 1. The first-order valence-corrected chi connectivity index (χ1v) is 7.18. The lowest BCUT2D eigenvalue weighted by molar-refractivity contribution is -0.141. The lowest BCUT2D eigenvalue weighted by atomic mass is 10.1.